The average Bonchev–Trinajstić information content (AvgIpc) is 3.20. The Bertz CT molecular complexity index is 923. The molecule has 9 heteroatoms. The molecule has 27 heavy (non-hydrogen) atoms. The molecule has 3 rings (SSSR count). The summed E-state index contributed by atoms with van der Waals surface area (Å²) < 4.78 is 53.1. The van der Waals surface area contributed by atoms with E-state index in [0.29, 0.717) is 29.2 Å². The number of ether oxygens (including phenoxy) is 2. The van der Waals surface area contributed by atoms with Crippen molar-refractivity contribution in [3.05, 3.63) is 64.9 Å². The van der Waals surface area contributed by atoms with E-state index in [0.717, 1.165) is 23.6 Å². The van der Waals surface area contributed by atoms with Crippen LogP contribution in [-0.2, 0) is 6.54 Å². The van der Waals surface area contributed by atoms with Crippen molar-refractivity contribution in [1.29, 1.82) is 0 Å². The molecule has 0 amide bonds. The van der Waals surface area contributed by atoms with Gasteiger partial charge in [0.15, 0.2) is 16.8 Å². The molecule has 0 spiro atoms. The number of thiazole rings is 1. The number of nitrogens with zero attached hydrogens (tertiary/aromatic N) is 2. The second-order valence-electron chi connectivity index (χ2n) is 5.32. The summed E-state index contributed by atoms with van der Waals surface area (Å²) in [6.45, 7) is 0.295. The second-order valence-corrected chi connectivity index (χ2v) is 7.25. The third-order valence-corrected chi connectivity index (χ3v) is 5.57. The SMILES string of the molecule is COc1ccc(CN(Sc2cc(F)c(F)cc2F)c2nccs2)c(OC)c1. The highest BCUT2D eigenvalue weighted by atomic mass is 32.2. The number of hydrogen-bond donors (Lipinski definition) is 0. The summed E-state index contributed by atoms with van der Waals surface area (Å²) in [5, 5.41) is 2.36. The zero-order valence-electron chi connectivity index (χ0n) is 14.4. The third kappa shape index (κ3) is 4.48. The van der Waals surface area contributed by atoms with Crippen LogP contribution in [0.2, 0.25) is 0 Å². The van der Waals surface area contributed by atoms with Crippen molar-refractivity contribution in [3.8, 4) is 11.5 Å². The quantitative estimate of drug-likeness (QED) is 0.389. The highest BCUT2D eigenvalue weighted by Crippen LogP contribution is 2.36. The molecule has 0 N–H and O–H groups in total. The fourth-order valence-corrected chi connectivity index (χ4v) is 3.97. The lowest BCUT2D eigenvalue weighted by Gasteiger charge is -2.22. The summed E-state index contributed by atoms with van der Waals surface area (Å²) in [7, 11) is 3.09. The topological polar surface area (TPSA) is 34.6 Å². The van der Waals surface area contributed by atoms with E-state index in [4.69, 9.17) is 9.47 Å². The Morgan fingerprint density at radius 3 is 2.48 bits per heavy atom. The maximum absolute atomic E-state index is 14.1. The summed E-state index contributed by atoms with van der Waals surface area (Å²) in [6.07, 6.45) is 1.61. The number of anilines is 1. The standard InChI is InChI=1S/C18H15F3N2O2S2/c1-24-12-4-3-11(16(7-12)25-2)10-23(18-22-5-6-26-18)27-17-9-14(20)13(19)8-15(17)21/h3-9H,10H2,1-2H3. The van der Waals surface area contributed by atoms with Crippen LogP contribution in [0, 0.1) is 17.5 Å². The Balaban J connectivity index is 1.93. The largest absolute Gasteiger partial charge is 0.497 e. The van der Waals surface area contributed by atoms with Crippen LogP contribution in [-0.4, -0.2) is 19.2 Å². The van der Waals surface area contributed by atoms with Crippen molar-refractivity contribution >= 4 is 28.4 Å². The van der Waals surface area contributed by atoms with E-state index in [1.165, 1.54) is 18.4 Å². The van der Waals surface area contributed by atoms with Gasteiger partial charge < -0.3 is 9.47 Å². The molecule has 0 aliphatic rings. The monoisotopic (exact) mass is 412 g/mol. The van der Waals surface area contributed by atoms with Gasteiger partial charge in [0, 0.05) is 29.3 Å². The summed E-state index contributed by atoms with van der Waals surface area (Å²) >= 11 is 2.27. The van der Waals surface area contributed by atoms with Crippen LogP contribution in [0.5, 0.6) is 11.5 Å². The van der Waals surface area contributed by atoms with Gasteiger partial charge >= 0.3 is 0 Å². The first-order valence-corrected chi connectivity index (χ1v) is 9.37. The second kappa shape index (κ2) is 8.53. The van der Waals surface area contributed by atoms with E-state index < -0.39 is 17.5 Å². The Hall–Kier alpha value is -2.39. The number of benzene rings is 2. The zero-order chi connectivity index (χ0) is 19.4. The molecule has 0 atom stereocenters. The van der Waals surface area contributed by atoms with Crippen LogP contribution in [0.3, 0.4) is 0 Å². The number of halogens is 3. The van der Waals surface area contributed by atoms with Crippen molar-refractivity contribution in [2.45, 2.75) is 11.4 Å². The Morgan fingerprint density at radius 1 is 1.04 bits per heavy atom. The number of aromatic nitrogens is 1. The minimum atomic E-state index is -1.23. The molecular weight excluding hydrogens is 397 g/mol. The molecule has 0 radical (unpaired) electrons. The molecule has 0 aliphatic heterocycles. The summed E-state index contributed by atoms with van der Waals surface area (Å²) in [5.74, 6) is -1.96. The predicted molar refractivity (Wildman–Crippen MR) is 100 cm³/mol. The molecule has 4 nitrogen and oxygen atoms in total. The summed E-state index contributed by atoms with van der Waals surface area (Å²) in [6, 6.07) is 6.70. The van der Waals surface area contributed by atoms with Crippen LogP contribution < -0.4 is 13.8 Å². The minimum Gasteiger partial charge on any atom is -0.497 e. The molecule has 0 aliphatic carbocycles. The number of rotatable bonds is 7. The normalized spacial score (nSPS) is 10.7. The van der Waals surface area contributed by atoms with E-state index >= 15 is 0 Å². The van der Waals surface area contributed by atoms with Gasteiger partial charge in [-0.05, 0) is 30.1 Å². The number of hydrogen-bond acceptors (Lipinski definition) is 6. The van der Waals surface area contributed by atoms with E-state index in [2.05, 4.69) is 4.98 Å². The molecule has 142 valence electrons. The van der Waals surface area contributed by atoms with E-state index in [9.17, 15) is 13.2 Å². The van der Waals surface area contributed by atoms with Crippen molar-refractivity contribution in [2.75, 3.05) is 18.5 Å². The molecule has 0 saturated heterocycles. The molecular formula is C18H15F3N2O2S2. The lowest BCUT2D eigenvalue weighted by Crippen LogP contribution is -2.15. The van der Waals surface area contributed by atoms with Gasteiger partial charge in [-0.3, -0.25) is 4.31 Å². The maximum atomic E-state index is 14.1. The Morgan fingerprint density at radius 2 is 1.81 bits per heavy atom. The molecule has 0 unspecified atom stereocenters. The van der Waals surface area contributed by atoms with Gasteiger partial charge in [-0.1, -0.05) is 0 Å². The highest BCUT2D eigenvalue weighted by molar-refractivity contribution is 8.00. The summed E-state index contributed by atoms with van der Waals surface area (Å²) in [4.78, 5) is 4.19. The van der Waals surface area contributed by atoms with Gasteiger partial charge in [0.25, 0.3) is 0 Å². The van der Waals surface area contributed by atoms with Gasteiger partial charge in [-0.25, -0.2) is 18.2 Å². The zero-order valence-corrected chi connectivity index (χ0v) is 16.0. The van der Waals surface area contributed by atoms with Crippen LogP contribution in [0.15, 0.2) is 46.8 Å². The molecule has 1 aromatic heterocycles. The Kier molecular flexibility index (Phi) is 6.12. The summed E-state index contributed by atoms with van der Waals surface area (Å²) in [5.41, 5.74) is 0.795. The van der Waals surface area contributed by atoms with Crippen LogP contribution >= 0.6 is 23.3 Å². The molecule has 1 heterocycles. The van der Waals surface area contributed by atoms with Crippen LogP contribution in [0.4, 0.5) is 18.3 Å². The van der Waals surface area contributed by atoms with Crippen molar-refractivity contribution < 1.29 is 22.6 Å². The van der Waals surface area contributed by atoms with Gasteiger partial charge in [0.2, 0.25) is 0 Å². The smallest absolute Gasteiger partial charge is 0.195 e. The first-order chi connectivity index (χ1) is 13.0. The van der Waals surface area contributed by atoms with Gasteiger partial charge in [-0.15, -0.1) is 11.3 Å². The molecule has 3 aromatic rings. The van der Waals surface area contributed by atoms with E-state index in [1.807, 2.05) is 6.07 Å². The van der Waals surface area contributed by atoms with E-state index in [1.54, 1.807) is 35.1 Å². The van der Waals surface area contributed by atoms with Gasteiger partial charge in [-0.2, -0.15) is 0 Å². The third-order valence-electron chi connectivity index (χ3n) is 3.62. The molecule has 0 fully saturated rings. The first kappa shape index (κ1) is 19.4. The van der Waals surface area contributed by atoms with Gasteiger partial charge in [0.05, 0.1) is 25.7 Å². The lowest BCUT2D eigenvalue weighted by molar-refractivity contribution is 0.391. The molecule has 2 aromatic carbocycles. The van der Waals surface area contributed by atoms with E-state index in [-0.39, 0.29) is 4.90 Å². The van der Waals surface area contributed by atoms with Crippen molar-refractivity contribution in [2.24, 2.45) is 0 Å². The lowest BCUT2D eigenvalue weighted by atomic mass is 10.2. The van der Waals surface area contributed by atoms with Crippen LogP contribution in [0.25, 0.3) is 0 Å². The minimum absolute atomic E-state index is 0.0448. The molecule has 0 saturated carbocycles. The Labute approximate surface area is 162 Å². The van der Waals surface area contributed by atoms with Gasteiger partial charge in [0.1, 0.15) is 17.3 Å². The number of methoxy groups -OCH3 is 2. The fraction of sp³-hybridized carbons (Fsp3) is 0.167. The highest BCUT2D eigenvalue weighted by Gasteiger charge is 2.19. The fourth-order valence-electron chi connectivity index (χ4n) is 2.31. The first-order valence-electron chi connectivity index (χ1n) is 7.72. The maximum Gasteiger partial charge on any atom is 0.195 e. The van der Waals surface area contributed by atoms with Crippen molar-refractivity contribution in [1.82, 2.24) is 4.98 Å². The average molecular weight is 412 g/mol. The van der Waals surface area contributed by atoms with Crippen LogP contribution in [0.1, 0.15) is 5.56 Å². The van der Waals surface area contributed by atoms with Crippen molar-refractivity contribution in [3.63, 3.8) is 0 Å². The molecule has 0 bridgehead atoms. The predicted octanol–water partition coefficient (Wildman–Crippen LogP) is 5.29.